The molecule has 0 aliphatic carbocycles. The van der Waals surface area contributed by atoms with Crippen LogP contribution < -0.4 is 5.32 Å². The standard InChI is InChI=1S/C9H17F3N2O/c1-3-4-5-14(2)6-8(15)13-7-9(10,11)12/h3-7H2,1-2H3,(H,13,15). The van der Waals surface area contributed by atoms with Gasteiger partial charge in [-0.25, -0.2) is 0 Å². The second-order valence-electron chi connectivity index (χ2n) is 3.48. The quantitative estimate of drug-likeness (QED) is 0.742. The second kappa shape index (κ2) is 6.66. The Balaban J connectivity index is 3.64. The van der Waals surface area contributed by atoms with Gasteiger partial charge in [0.1, 0.15) is 6.54 Å². The van der Waals surface area contributed by atoms with Gasteiger partial charge >= 0.3 is 6.18 Å². The van der Waals surface area contributed by atoms with Crippen LogP contribution in [0.3, 0.4) is 0 Å². The van der Waals surface area contributed by atoms with Gasteiger partial charge in [-0.2, -0.15) is 13.2 Å². The summed E-state index contributed by atoms with van der Waals surface area (Å²) in [5, 5.41) is 1.82. The van der Waals surface area contributed by atoms with Gasteiger partial charge in [0.2, 0.25) is 5.91 Å². The second-order valence-corrected chi connectivity index (χ2v) is 3.48. The largest absolute Gasteiger partial charge is 0.405 e. The molecule has 0 aromatic carbocycles. The molecular formula is C9H17F3N2O. The molecule has 0 saturated heterocycles. The van der Waals surface area contributed by atoms with Crippen molar-refractivity contribution in [3.05, 3.63) is 0 Å². The maximum atomic E-state index is 11.7. The first-order chi connectivity index (χ1) is 6.85. The van der Waals surface area contributed by atoms with Crippen LogP contribution >= 0.6 is 0 Å². The highest BCUT2D eigenvalue weighted by Gasteiger charge is 2.27. The number of hydrogen-bond acceptors (Lipinski definition) is 2. The van der Waals surface area contributed by atoms with Crippen molar-refractivity contribution < 1.29 is 18.0 Å². The molecule has 0 aliphatic heterocycles. The van der Waals surface area contributed by atoms with Crippen molar-refractivity contribution in [1.29, 1.82) is 0 Å². The first-order valence-corrected chi connectivity index (χ1v) is 4.87. The summed E-state index contributed by atoms with van der Waals surface area (Å²) in [4.78, 5) is 12.7. The Morgan fingerprint density at radius 3 is 2.47 bits per heavy atom. The highest BCUT2D eigenvalue weighted by atomic mass is 19.4. The number of carbonyl (C=O) groups excluding carboxylic acids is 1. The first-order valence-electron chi connectivity index (χ1n) is 4.87. The van der Waals surface area contributed by atoms with Gasteiger partial charge in [0.15, 0.2) is 0 Å². The summed E-state index contributed by atoms with van der Waals surface area (Å²) in [5.74, 6) is -0.592. The Hall–Kier alpha value is -0.780. The monoisotopic (exact) mass is 226 g/mol. The van der Waals surface area contributed by atoms with E-state index in [2.05, 4.69) is 0 Å². The molecule has 90 valence electrons. The van der Waals surface area contributed by atoms with E-state index < -0.39 is 18.6 Å². The van der Waals surface area contributed by atoms with Gasteiger partial charge in [0, 0.05) is 0 Å². The molecule has 0 heterocycles. The molecule has 0 atom stereocenters. The lowest BCUT2D eigenvalue weighted by molar-refractivity contribution is -0.138. The number of halogens is 3. The Kier molecular flexibility index (Phi) is 6.31. The average Bonchev–Trinajstić information content (AvgIpc) is 2.10. The van der Waals surface area contributed by atoms with Gasteiger partial charge < -0.3 is 5.32 Å². The number of likely N-dealkylation sites (N-methyl/N-ethyl adjacent to an activating group) is 1. The van der Waals surface area contributed by atoms with Crippen LogP contribution in [0.4, 0.5) is 13.2 Å². The Bertz CT molecular complexity index is 194. The van der Waals surface area contributed by atoms with Crippen LogP contribution in [0.15, 0.2) is 0 Å². The summed E-state index contributed by atoms with van der Waals surface area (Å²) in [5.41, 5.74) is 0. The smallest absolute Gasteiger partial charge is 0.346 e. The molecule has 0 aromatic heterocycles. The SMILES string of the molecule is CCCCN(C)CC(=O)NCC(F)(F)F. The molecule has 1 N–H and O–H groups in total. The lowest BCUT2D eigenvalue weighted by Crippen LogP contribution is -2.40. The van der Waals surface area contributed by atoms with Crippen molar-refractivity contribution in [2.45, 2.75) is 25.9 Å². The van der Waals surface area contributed by atoms with Crippen molar-refractivity contribution in [1.82, 2.24) is 10.2 Å². The maximum absolute atomic E-state index is 11.7. The molecule has 15 heavy (non-hydrogen) atoms. The van der Waals surface area contributed by atoms with Gasteiger partial charge in [-0.3, -0.25) is 9.69 Å². The Labute approximate surface area is 87.6 Å². The summed E-state index contributed by atoms with van der Waals surface area (Å²) in [6.07, 6.45) is -2.41. The molecule has 0 bridgehead atoms. The summed E-state index contributed by atoms with van der Waals surface area (Å²) in [7, 11) is 1.71. The number of unbranched alkanes of at least 4 members (excludes halogenated alkanes) is 1. The summed E-state index contributed by atoms with van der Waals surface area (Å²) < 4.78 is 35.2. The van der Waals surface area contributed by atoms with Gasteiger partial charge in [-0.1, -0.05) is 13.3 Å². The normalized spacial score (nSPS) is 11.9. The molecular weight excluding hydrogens is 209 g/mol. The lowest BCUT2D eigenvalue weighted by Gasteiger charge is -2.16. The van der Waals surface area contributed by atoms with E-state index in [1.807, 2.05) is 12.2 Å². The van der Waals surface area contributed by atoms with Crippen LogP contribution in [0.2, 0.25) is 0 Å². The molecule has 6 heteroatoms. The third-order valence-corrected chi connectivity index (χ3v) is 1.79. The van der Waals surface area contributed by atoms with Crippen LogP contribution in [0, 0.1) is 0 Å². The van der Waals surface area contributed by atoms with E-state index in [4.69, 9.17) is 0 Å². The Morgan fingerprint density at radius 2 is 2.00 bits per heavy atom. The summed E-state index contributed by atoms with van der Waals surface area (Å²) in [6, 6.07) is 0. The van der Waals surface area contributed by atoms with Gasteiger partial charge in [-0.05, 0) is 20.0 Å². The minimum Gasteiger partial charge on any atom is -0.346 e. The van der Waals surface area contributed by atoms with Crippen molar-refractivity contribution >= 4 is 5.91 Å². The highest BCUT2D eigenvalue weighted by Crippen LogP contribution is 2.11. The van der Waals surface area contributed by atoms with E-state index >= 15 is 0 Å². The maximum Gasteiger partial charge on any atom is 0.405 e. The van der Waals surface area contributed by atoms with Crippen molar-refractivity contribution in [2.24, 2.45) is 0 Å². The molecule has 0 fully saturated rings. The molecule has 0 spiro atoms. The van der Waals surface area contributed by atoms with E-state index in [-0.39, 0.29) is 6.54 Å². The van der Waals surface area contributed by atoms with E-state index in [9.17, 15) is 18.0 Å². The average molecular weight is 226 g/mol. The van der Waals surface area contributed by atoms with Crippen LogP contribution in [0.1, 0.15) is 19.8 Å². The lowest BCUT2D eigenvalue weighted by atomic mass is 10.3. The third-order valence-electron chi connectivity index (χ3n) is 1.79. The fourth-order valence-corrected chi connectivity index (χ4v) is 1.01. The predicted octanol–water partition coefficient (Wildman–Crippen LogP) is 1.40. The molecule has 0 rings (SSSR count). The van der Waals surface area contributed by atoms with E-state index in [0.29, 0.717) is 0 Å². The van der Waals surface area contributed by atoms with Crippen molar-refractivity contribution in [3.8, 4) is 0 Å². The van der Waals surface area contributed by atoms with Crippen molar-refractivity contribution in [3.63, 3.8) is 0 Å². The number of nitrogens with one attached hydrogen (secondary N) is 1. The van der Waals surface area contributed by atoms with E-state index in [1.54, 1.807) is 11.9 Å². The summed E-state index contributed by atoms with van der Waals surface area (Å²) >= 11 is 0. The van der Waals surface area contributed by atoms with E-state index in [0.717, 1.165) is 19.4 Å². The molecule has 0 radical (unpaired) electrons. The number of hydrogen-bond donors (Lipinski definition) is 1. The van der Waals surface area contributed by atoms with Crippen LogP contribution in [-0.4, -0.2) is 43.7 Å². The zero-order valence-electron chi connectivity index (χ0n) is 9.02. The fraction of sp³-hybridized carbons (Fsp3) is 0.889. The molecule has 1 amide bonds. The highest BCUT2D eigenvalue weighted by molar-refractivity contribution is 5.77. The Morgan fingerprint density at radius 1 is 1.40 bits per heavy atom. The number of rotatable bonds is 6. The zero-order valence-corrected chi connectivity index (χ0v) is 9.02. The minimum absolute atomic E-state index is 0.01000. The number of alkyl halides is 3. The fourth-order valence-electron chi connectivity index (χ4n) is 1.01. The molecule has 0 saturated carbocycles. The number of carbonyl (C=O) groups is 1. The van der Waals surface area contributed by atoms with Crippen molar-refractivity contribution in [2.75, 3.05) is 26.7 Å². The number of amides is 1. The van der Waals surface area contributed by atoms with Gasteiger partial charge in [-0.15, -0.1) is 0 Å². The summed E-state index contributed by atoms with van der Waals surface area (Å²) in [6.45, 7) is 1.48. The van der Waals surface area contributed by atoms with Gasteiger partial charge in [0.05, 0.1) is 6.54 Å². The number of nitrogens with zero attached hydrogens (tertiary/aromatic N) is 1. The molecule has 3 nitrogen and oxygen atoms in total. The van der Waals surface area contributed by atoms with E-state index in [1.165, 1.54) is 0 Å². The molecule has 0 unspecified atom stereocenters. The molecule has 0 aliphatic rings. The van der Waals surface area contributed by atoms with Gasteiger partial charge in [0.25, 0.3) is 0 Å². The van der Waals surface area contributed by atoms with Crippen LogP contribution in [0.5, 0.6) is 0 Å². The molecule has 0 aromatic rings. The predicted molar refractivity (Wildman–Crippen MR) is 51.5 cm³/mol. The first kappa shape index (κ1) is 14.2. The minimum atomic E-state index is -4.34. The zero-order chi connectivity index (χ0) is 11.9. The van der Waals surface area contributed by atoms with Crippen LogP contribution in [0.25, 0.3) is 0 Å². The van der Waals surface area contributed by atoms with Crippen LogP contribution in [-0.2, 0) is 4.79 Å². The topological polar surface area (TPSA) is 32.3 Å². The third kappa shape index (κ3) is 9.52.